The van der Waals surface area contributed by atoms with Gasteiger partial charge in [0.1, 0.15) is 36.0 Å². The molecule has 0 bridgehead atoms. The quantitative estimate of drug-likeness (QED) is 0.277. The molecule has 1 aromatic carbocycles. The maximum Gasteiger partial charge on any atom is 0.380 e. The van der Waals surface area contributed by atoms with Gasteiger partial charge in [-0.25, -0.2) is 13.8 Å². The number of halogens is 1. The van der Waals surface area contributed by atoms with E-state index in [2.05, 4.69) is 4.98 Å². The minimum atomic E-state index is -4.55. The van der Waals surface area contributed by atoms with Gasteiger partial charge in [-0.15, -0.1) is 0 Å². The zero-order chi connectivity index (χ0) is 29.2. The second-order valence-corrected chi connectivity index (χ2v) is 10.9. The molecule has 0 aliphatic carbocycles. The monoisotopic (exact) mass is 544 g/mol. The van der Waals surface area contributed by atoms with Crippen LogP contribution in [0.5, 0.6) is 5.75 Å². The van der Waals surface area contributed by atoms with E-state index >= 15 is 0 Å². The molecular formula is C23H32FN4O8P. The highest BCUT2D eigenvalue weighted by atomic mass is 31.2. The molecule has 0 spiro atoms. The van der Waals surface area contributed by atoms with Gasteiger partial charge in [0.2, 0.25) is 0 Å². The molecule has 3 rings (SSSR count). The Labute approximate surface area is 216 Å². The van der Waals surface area contributed by atoms with E-state index in [-0.39, 0.29) is 11.6 Å². The van der Waals surface area contributed by atoms with E-state index in [1.54, 1.807) is 32.0 Å². The van der Waals surface area contributed by atoms with Crippen molar-refractivity contribution in [2.45, 2.75) is 50.8 Å². The van der Waals surface area contributed by atoms with E-state index in [1.807, 2.05) is 0 Å². The molecule has 1 aromatic heterocycles. The van der Waals surface area contributed by atoms with Crippen molar-refractivity contribution in [3.8, 4) is 5.75 Å². The number of alkyl halides is 1. The van der Waals surface area contributed by atoms with Crippen molar-refractivity contribution in [2.24, 2.45) is 11.7 Å². The van der Waals surface area contributed by atoms with Gasteiger partial charge in [0.25, 0.3) is 0 Å². The summed E-state index contributed by atoms with van der Waals surface area (Å²) in [6.07, 6.45) is -5.87. The number of benzene rings is 1. The Morgan fingerprint density at radius 3 is 2.62 bits per heavy atom. The first-order valence-corrected chi connectivity index (χ1v) is 13.1. The van der Waals surface area contributed by atoms with Crippen LogP contribution in [0.1, 0.15) is 29.7 Å². The smallest absolute Gasteiger partial charge is 0.380 e. The van der Waals surface area contributed by atoms with Crippen molar-refractivity contribution in [3.63, 3.8) is 0 Å². The van der Waals surface area contributed by atoms with Crippen LogP contribution < -0.4 is 21.7 Å². The number of anilines is 1. The molecule has 1 saturated heterocycles. The highest BCUT2D eigenvalue weighted by molar-refractivity contribution is 7.54. The molecule has 1 aliphatic heterocycles. The molecule has 2 unspecified atom stereocenters. The maximum atomic E-state index is 14.2. The Kier molecular flexibility index (Phi) is 8.16. The van der Waals surface area contributed by atoms with Gasteiger partial charge < -0.3 is 30.6 Å². The summed E-state index contributed by atoms with van der Waals surface area (Å²) < 4.78 is 67.5. The van der Waals surface area contributed by atoms with Crippen molar-refractivity contribution in [3.05, 3.63) is 53.1 Å². The van der Waals surface area contributed by atoms with Crippen molar-refractivity contribution < 1.29 is 40.1 Å². The zero-order valence-electron chi connectivity index (χ0n) is 22.5. The Hall–Kier alpha value is -2.83. The maximum absolute atomic E-state index is 14.2. The minimum absolute atomic E-state index is 0.0447. The van der Waals surface area contributed by atoms with Crippen molar-refractivity contribution in [1.29, 1.82) is 0 Å². The predicted molar refractivity (Wildman–Crippen MR) is 132 cm³/mol. The van der Waals surface area contributed by atoms with Crippen molar-refractivity contribution >= 4 is 19.4 Å². The first kappa shape index (κ1) is 25.8. The normalized spacial score (nSPS) is 27.2. The van der Waals surface area contributed by atoms with Crippen LogP contribution in [0.4, 0.5) is 10.2 Å². The number of carbonyl (C=O) groups is 1. The highest BCUT2D eigenvalue weighted by Gasteiger charge is 2.56. The second-order valence-electron chi connectivity index (χ2n) is 8.94. The molecule has 2 aromatic rings. The third kappa shape index (κ3) is 6.74. The number of para-hydroxylation sites is 1. The lowest BCUT2D eigenvalue weighted by molar-refractivity contribution is -0.151. The molecule has 2 heterocycles. The summed E-state index contributed by atoms with van der Waals surface area (Å²) in [5.41, 5.74) is 8.24. The van der Waals surface area contributed by atoms with Crippen LogP contribution in [0.3, 0.4) is 0 Å². The number of rotatable bonds is 11. The lowest BCUT2D eigenvalue weighted by atomic mass is 9.92. The number of aromatic nitrogens is 2. The summed E-state index contributed by atoms with van der Waals surface area (Å²) in [5.74, 6) is -1.88. The summed E-state index contributed by atoms with van der Waals surface area (Å²) in [5, 5.41) is 10.9. The van der Waals surface area contributed by atoms with Gasteiger partial charge in [0.05, 0.1) is 27.5 Å². The largest absolute Gasteiger partial charge is 0.463 e. The lowest BCUT2D eigenvalue weighted by Crippen LogP contribution is -2.57. The SMILES string of the molecule is [2H]C([2H])(OP(=O)(C[C@@H](C)C(=O)OC(C)C)Oc1ccccc1)[C@H]1O[C@@H](n2ccc(N)nc2=O)C(N)(CF)[C@H]1O. The number of nitrogens with two attached hydrogens (primary N) is 2. The second kappa shape index (κ2) is 11.7. The molecule has 6 atom stereocenters. The van der Waals surface area contributed by atoms with Crippen LogP contribution >= 0.6 is 7.60 Å². The van der Waals surface area contributed by atoms with Gasteiger partial charge in [-0.05, 0) is 32.0 Å². The zero-order valence-corrected chi connectivity index (χ0v) is 21.4. The van der Waals surface area contributed by atoms with Gasteiger partial charge >= 0.3 is 19.3 Å². The number of hydrogen-bond acceptors (Lipinski definition) is 11. The summed E-state index contributed by atoms with van der Waals surface area (Å²) in [6.45, 7) is 0.0707. The fraction of sp³-hybridized carbons (Fsp3) is 0.522. The Bertz CT molecular complexity index is 1270. The molecule has 1 aliphatic rings. The molecule has 5 N–H and O–H groups in total. The van der Waals surface area contributed by atoms with Crippen LogP contribution in [-0.2, 0) is 23.4 Å². The Balaban J connectivity index is 1.95. The molecule has 204 valence electrons. The molecule has 0 amide bonds. The summed E-state index contributed by atoms with van der Waals surface area (Å²) in [6, 6.07) is 8.88. The first-order chi connectivity index (χ1) is 18.1. The van der Waals surface area contributed by atoms with Crippen LogP contribution in [0.2, 0.25) is 0 Å². The van der Waals surface area contributed by atoms with Crippen molar-refractivity contribution in [2.75, 3.05) is 25.1 Å². The minimum Gasteiger partial charge on any atom is -0.463 e. The molecule has 14 heteroatoms. The molecular weight excluding hydrogens is 510 g/mol. The van der Waals surface area contributed by atoms with E-state index in [0.717, 1.165) is 10.8 Å². The standard InChI is InChI=1S/C23H32FN4O8P/c1-14(2)34-20(30)15(3)12-37(32,36-16-7-5-4-6-8-16)33-11-17-19(29)23(26,13-24)21(35-17)28-10-9-18(25)27-22(28)31/h4-10,14-15,17,19,21,29H,11-13,26H2,1-3H3,(H2,25,27,31)/t15-,17-,19+,21-,23?,37?/m1/s1/i11D2. The van der Waals surface area contributed by atoms with Crippen LogP contribution in [-0.4, -0.2) is 63.9 Å². The summed E-state index contributed by atoms with van der Waals surface area (Å²) in [7, 11) is -4.55. The third-order valence-corrected chi connectivity index (χ3v) is 7.32. The average Bonchev–Trinajstić information content (AvgIpc) is 3.10. The van der Waals surface area contributed by atoms with Crippen molar-refractivity contribution in [1.82, 2.24) is 9.55 Å². The Morgan fingerprint density at radius 1 is 1.35 bits per heavy atom. The van der Waals surface area contributed by atoms with Gasteiger partial charge in [-0.2, -0.15) is 4.98 Å². The number of hydrogen-bond donors (Lipinski definition) is 3. The van der Waals surface area contributed by atoms with E-state index in [9.17, 15) is 23.7 Å². The number of nitrogen functional groups attached to an aromatic ring is 1. The number of esters is 1. The fourth-order valence-electron chi connectivity index (χ4n) is 3.56. The lowest BCUT2D eigenvalue weighted by Gasteiger charge is -2.30. The summed E-state index contributed by atoms with van der Waals surface area (Å²) in [4.78, 5) is 28.3. The molecule has 0 saturated carbocycles. The van der Waals surface area contributed by atoms with E-state index < -0.39 is 74.6 Å². The van der Waals surface area contributed by atoms with E-state index in [1.165, 1.54) is 25.1 Å². The van der Waals surface area contributed by atoms with Gasteiger partial charge in [0.15, 0.2) is 6.23 Å². The van der Waals surface area contributed by atoms with Crippen LogP contribution in [0.25, 0.3) is 0 Å². The molecule has 12 nitrogen and oxygen atoms in total. The Morgan fingerprint density at radius 2 is 2.03 bits per heavy atom. The van der Waals surface area contributed by atoms with Gasteiger partial charge in [0, 0.05) is 6.20 Å². The molecule has 37 heavy (non-hydrogen) atoms. The van der Waals surface area contributed by atoms with Gasteiger partial charge in [-0.1, -0.05) is 25.1 Å². The summed E-state index contributed by atoms with van der Waals surface area (Å²) >= 11 is 0. The number of carbonyl (C=O) groups excluding carboxylic acids is 1. The fourth-order valence-corrected chi connectivity index (χ4v) is 5.27. The molecule has 1 fully saturated rings. The number of nitrogens with zero attached hydrogens (tertiary/aromatic N) is 2. The van der Waals surface area contributed by atoms with Gasteiger partial charge in [-0.3, -0.25) is 13.9 Å². The van der Waals surface area contributed by atoms with Crippen LogP contribution in [0, 0.1) is 5.92 Å². The average molecular weight is 545 g/mol. The number of ether oxygens (including phenoxy) is 2. The van der Waals surface area contributed by atoms with E-state index in [0.29, 0.717) is 0 Å². The number of aliphatic hydroxyl groups excluding tert-OH is 1. The first-order valence-electron chi connectivity index (χ1n) is 12.4. The number of aliphatic hydroxyl groups is 1. The topological polar surface area (TPSA) is 178 Å². The van der Waals surface area contributed by atoms with Crippen LogP contribution in [0.15, 0.2) is 47.4 Å². The predicted octanol–water partition coefficient (Wildman–Crippen LogP) is 1.63. The molecule has 0 radical (unpaired) electrons. The van der Waals surface area contributed by atoms with E-state index in [4.69, 9.17) is 32.7 Å². The highest BCUT2D eigenvalue weighted by Crippen LogP contribution is 2.51. The third-order valence-electron chi connectivity index (χ3n) is 5.46.